The van der Waals surface area contributed by atoms with Crippen LogP contribution in [0.3, 0.4) is 0 Å². The smallest absolute Gasteiger partial charge is 0.394 e. The standard InChI is InChI=1S/C9H12BrN2O8P/c10-4-2-12(9(15)11-8(4)14)7-1-5(6(3-13)19-7)20-21(16,17)18/h2,5-7,13H,1,3H2,(H,11,14,15)(H2,16,17,18)/t5-,6+,7+/m0/s1. The SMILES string of the molecule is O=c1[nH]c(=O)n([C@H]2C[C@H](OP(=O)(O)O)[C@@H](CO)O2)cc1Br. The van der Waals surface area contributed by atoms with Gasteiger partial charge in [0.05, 0.1) is 11.1 Å². The van der Waals surface area contributed by atoms with E-state index in [2.05, 4.69) is 20.5 Å². The molecule has 21 heavy (non-hydrogen) atoms. The van der Waals surface area contributed by atoms with Crippen LogP contribution in [0.5, 0.6) is 0 Å². The van der Waals surface area contributed by atoms with E-state index in [1.807, 2.05) is 4.98 Å². The highest BCUT2D eigenvalue weighted by atomic mass is 79.9. The molecule has 1 aromatic rings. The Morgan fingerprint density at radius 2 is 2.19 bits per heavy atom. The van der Waals surface area contributed by atoms with Crippen molar-refractivity contribution in [3.05, 3.63) is 31.5 Å². The quantitative estimate of drug-likeness (QED) is 0.483. The molecule has 0 aromatic carbocycles. The molecule has 118 valence electrons. The number of H-pyrrole nitrogens is 1. The highest BCUT2D eigenvalue weighted by Gasteiger charge is 2.40. The lowest BCUT2D eigenvalue weighted by Gasteiger charge is -2.16. The summed E-state index contributed by atoms with van der Waals surface area (Å²) in [5, 5.41) is 9.15. The van der Waals surface area contributed by atoms with Gasteiger partial charge in [-0.2, -0.15) is 0 Å². The molecule has 3 atom stereocenters. The van der Waals surface area contributed by atoms with Crippen LogP contribution in [-0.2, 0) is 13.8 Å². The van der Waals surface area contributed by atoms with Crippen LogP contribution < -0.4 is 11.2 Å². The first-order valence-corrected chi connectivity index (χ1v) is 8.05. The number of phosphoric acid groups is 1. The molecule has 1 aliphatic rings. The molecule has 1 aromatic heterocycles. The second-order valence-electron chi connectivity index (χ2n) is 4.33. The Hall–Kier alpha value is -0.810. The van der Waals surface area contributed by atoms with Gasteiger partial charge in [0, 0.05) is 12.6 Å². The molecule has 0 radical (unpaired) electrons. The molecule has 2 rings (SSSR count). The second kappa shape index (κ2) is 6.13. The first-order valence-electron chi connectivity index (χ1n) is 5.72. The first kappa shape index (κ1) is 16.6. The van der Waals surface area contributed by atoms with E-state index in [-0.39, 0.29) is 10.9 Å². The fraction of sp³-hybridized carbons (Fsp3) is 0.556. The third-order valence-electron chi connectivity index (χ3n) is 2.87. The van der Waals surface area contributed by atoms with E-state index in [4.69, 9.17) is 19.6 Å². The zero-order valence-electron chi connectivity index (χ0n) is 10.4. The Balaban J connectivity index is 2.27. The molecule has 1 saturated heterocycles. The molecule has 10 nitrogen and oxygen atoms in total. The Morgan fingerprint density at radius 1 is 1.52 bits per heavy atom. The van der Waals surface area contributed by atoms with E-state index >= 15 is 0 Å². The predicted octanol–water partition coefficient (Wildman–Crippen LogP) is -0.943. The zero-order chi connectivity index (χ0) is 15.8. The summed E-state index contributed by atoms with van der Waals surface area (Å²) in [6.45, 7) is -0.541. The summed E-state index contributed by atoms with van der Waals surface area (Å²) in [4.78, 5) is 42.6. The van der Waals surface area contributed by atoms with Crippen molar-refractivity contribution in [3.63, 3.8) is 0 Å². The fourth-order valence-corrected chi connectivity index (χ4v) is 2.89. The zero-order valence-corrected chi connectivity index (χ0v) is 12.9. The number of hydrogen-bond donors (Lipinski definition) is 4. The molecule has 0 spiro atoms. The number of aromatic nitrogens is 2. The van der Waals surface area contributed by atoms with Crippen LogP contribution in [0.2, 0.25) is 0 Å². The van der Waals surface area contributed by atoms with Gasteiger partial charge in [-0.1, -0.05) is 0 Å². The molecule has 1 aliphatic heterocycles. The number of aliphatic hydroxyl groups excluding tert-OH is 1. The van der Waals surface area contributed by atoms with E-state index < -0.39 is 44.1 Å². The number of phosphoric ester groups is 1. The van der Waals surface area contributed by atoms with Crippen molar-refractivity contribution in [1.82, 2.24) is 9.55 Å². The van der Waals surface area contributed by atoms with Crippen LogP contribution in [0.1, 0.15) is 12.6 Å². The number of halogens is 1. The third-order valence-corrected chi connectivity index (χ3v) is 3.98. The molecule has 1 fully saturated rings. The van der Waals surface area contributed by atoms with Crippen molar-refractivity contribution in [2.45, 2.75) is 24.9 Å². The summed E-state index contributed by atoms with van der Waals surface area (Å²) in [5.41, 5.74) is -1.36. The van der Waals surface area contributed by atoms with Gasteiger partial charge in [0.15, 0.2) is 0 Å². The highest BCUT2D eigenvalue weighted by Crippen LogP contribution is 2.43. The normalized spacial score (nSPS) is 26.2. The van der Waals surface area contributed by atoms with Gasteiger partial charge in [-0.05, 0) is 15.9 Å². The van der Waals surface area contributed by atoms with Crippen molar-refractivity contribution in [3.8, 4) is 0 Å². The van der Waals surface area contributed by atoms with Crippen LogP contribution in [0, 0.1) is 0 Å². The molecule has 0 bridgehead atoms. The maximum Gasteiger partial charge on any atom is 0.469 e. The van der Waals surface area contributed by atoms with Crippen molar-refractivity contribution < 1.29 is 28.7 Å². The van der Waals surface area contributed by atoms with Crippen molar-refractivity contribution in [2.24, 2.45) is 0 Å². The molecule has 0 saturated carbocycles. The molecule has 12 heteroatoms. The molecular weight excluding hydrogens is 375 g/mol. The minimum Gasteiger partial charge on any atom is -0.394 e. The topological polar surface area (TPSA) is 151 Å². The minimum absolute atomic E-state index is 0.0747. The highest BCUT2D eigenvalue weighted by molar-refractivity contribution is 9.10. The van der Waals surface area contributed by atoms with E-state index in [0.717, 1.165) is 4.57 Å². The van der Waals surface area contributed by atoms with Gasteiger partial charge in [0.25, 0.3) is 5.56 Å². The predicted molar refractivity (Wildman–Crippen MR) is 71.6 cm³/mol. The molecule has 4 N–H and O–H groups in total. The molecule has 2 heterocycles. The Kier molecular flexibility index (Phi) is 4.83. The van der Waals surface area contributed by atoms with Gasteiger partial charge in [0.1, 0.15) is 18.4 Å². The third kappa shape index (κ3) is 3.89. The lowest BCUT2D eigenvalue weighted by molar-refractivity contribution is -0.0453. The lowest BCUT2D eigenvalue weighted by Crippen LogP contribution is -2.32. The van der Waals surface area contributed by atoms with E-state index in [1.165, 1.54) is 6.20 Å². The van der Waals surface area contributed by atoms with Gasteiger partial charge < -0.3 is 19.6 Å². The molecular formula is C9H12BrN2O8P. The summed E-state index contributed by atoms with van der Waals surface area (Å²) in [7, 11) is -4.76. The average molecular weight is 387 g/mol. The molecule has 0 unspecified atom stereocenters. The number of nitrogens with zero attached hydrogens (tertiary/aromatic N) is 1. The van der Waals surface area contributed by atoms with Gasteiger partial charge in [0.2, 0.25) is 0 Å². The number of nitrogens with one attached hydrogen (secondary N) is 1. The van der Waals surface area contributed by atoms with Crippen LogP contribution in [0.25, 0.3) is 0 Å². The van der Waals surface area contributed by atoms with Crippen LogP contribution in [0.15, 0.2) is 20.3 Å². The van der Waals surface area contributed by atoms with Crippen LogP contribution in [0.4, 0.5) is 0 Å². The van der Waals surface area contributed by atoms with E-state index in [9.17, 15) is 14.2 Å². The second-order valence-corrected chi connectivity index (χ2v) is 6.37. The fourth-order valence-electron chi connectivity index (χ4n) is 2.00. The van der Waals surface area contributed by atoms with Gasteiger partial charge in [-0.15, -0.1) is 0 Å². The lowest BCUT2D eigenvalue weighted by atomic mass is 10.2. The van der Waals surface area contributed by atoms with Crippen LogP contribution >= 0.6 is 23.8 Å². The van der Waals surface area contributed by atoms with Crippen LogP contribution in [-0.4, -0.2) is 43.3 Å². The summed E-state index contributed by atoms with van der Waals surface area (Å²) in [5.74, 6) is 0. The average Bonchev–Trinajstić information content (AvgIpc) is 2.74. The summed E-state index contributed by atoms with van der Waals surface area (Å²) < 4.78 is 21.9. The molecule has 0 amide bonds. The van der Waals surface area contributed by atoms with E-state index in [1.54, 1.807) is 0 Å². The summed E-state index contributed by atoms with van der Waals surface area (Å²) in [6, 6.07) is 0. The van der Waals surface area contributed by atoms with Gasteiger partial charge >= 0.3 is 13.5 Å². The van der Waals surface area contributed by atoms with Gasteiger partial charge in [-0.3, -0.25) is 18.9 Å². The largest absolute Gasteiger partial charge is 0.469 e. The van der Waals surface area contributed by atoms with Crippen molar-refractivity contribution >= 4 is 23.8 Å². The Morgan fingerprint density at radius 3 is 2.76 bits per heavy atom. The number of aromatic amines is 1. The number of hydrogen-bond acceptors (Lipinski definition) is 6. The number of rotatable bonds is 4. The molecule has 0 aliphatic carbocycles. The first-order chi connectivity index (χ1) is 9.71. The maximum atomic E-state index is 11.7. The number of ether oxygens (including phenoxy) is 1. The van der Waals surface area contributed by atoms with Crippen molar-refractivity contribution in [2.75, 3.05) is 6.61 Å². The Bertz CT molecular complexity index is 681. The van der Waals surface area contributed by atoms with Crippen molar-refractivity contribution in [1.29, 1.82) is 0 Å². The summed E-state index contributed by atoms with van der Waals surface area (Å²) in [6.07, 6.45) is -1.90. The minimum atomic E-state index is -4.76. The van der Waals surface area contributed by atoms with E-state index in [0.29, 0.717) is 0 Å². The summed E-state index contributed by atoms with van der Waals surface area (Å²) >= 11 is 2.96. The van der Waals surface area contributed by atoms with Gasteiger partial charge in [-0.25, -0.2) is 9.36 Å². The maximum absolute atomic E-state index is 11.7. The monoisotopic (exact) mass is 386 g/mol. The Labute approximate surface area is 125 Å². The number of aliphatic hydroxyl groups is 1.